The zero-order valence-electron chi connectivity index (χ0n) is 14.0. The lowest BCUT2D eigenvalue weighted by Crippen LogP contribution is -2.08. The predicted molar refractivity (Wildman–Crippen MR) is 99.6 cm³/mol. The fourth-order valence-corrected chi connectivity index (χ4v) is 2.42. The van der Waals surface area contributed by atoms with Crippen LogP contribution in [0.2, 0.25) is 0 Å². The number of nitrogens with zero attached hydrogens (tertiary/aromatic N) is 1. The number of non-ortho nitro benzene ring substituents is 1. The quantitative estimate of drug-likeness (QED) is 0.407. The molecule has 0 fully saturated rings. The van der Waals surface area contributed by atoms with Crippen molar-refractivity contribution in [2.24, 2.45) is 0 Å². The van der Waals surface area contributed by atoms with Crippen LogP contribution in [0.15, 0.2) is 71.2 Å². The molecule has 0 spiro atoms. The molecule has 6 heteroatoms. The molecule has 2 aromatic carbocycles. The Labute approximate surface area is 149 Å². The topological polar surface area (TPSA) is 85.4 Å². The van der Waals surface area contributed by atoms with Crippen molar-refractivity contribution in [2.45, 2.75) is 6.92 Å². The Hall–Kier alpha value is -3.67. The number of nitrogens with one attached hydrogen (secondary N) is 1. The Balaban J connectivity index is 1.71. The first-order valence-electron chi connectivity index (χ1n) is 7.92. The van der Waals surface area contributed by atoms with Gasteiger partial charge in [0.1, 0.15) is 11.5 Å². The van der Waals surface area contributed by atoms with Crippen molar-refractivity contribution in [3.8, 4) is 11.3 Å². The van der Waals surface area contributed by atoms with Gasteiger partial charge in [-0.05, 0) is 36.8 Å². The lowest BCUT2D eigenvalue weighted by atomic mass is 10.1. The SMILES string of the molecule is Cc1ccccc1NC(=O)C=Cc1ccc(-c2cccc([N+](=O)[O-])c2)o1. The van der Waals surface area contributed by atoms with Gasteiger partial charge in [-0.3, -0.25) is 14.9 Å². The first-order chi connectivity index (χ1) is 12.5. The number of furan rings is 1. The van der Waals surface area contributed by atoms with E-state index < -0.39 is 4.92 Å². The highest BCUT2D eigenvalue weighted by Gasteiger charge is 2.09. The van der Waals surface area contributed by atoms with Crippen LogP contribution in [0.4, 0.5) is 11.4 Å². The van der Waals surface area contributed by atoms with Crippen LogP contribution in [-0.2, 0) is 4.79 Å². The maximum absolute atomic E-state index is 12.0. The summed E-state index contributed by atoms with van der Waals surface area (Å²) in [5.74, 6) is 0.701. The van der Waals surface area contributed by atoms with Crippen LogP contribution in [0.1, 0.15) is 11.3 Å². The number of nitro benzene ring substituents is 1. The summed E-state index contributed by atoms with van der Waals surface area (Å²) in [5.41, 5.74) is 2.32. The number of hydrogen-bond donors (Lipinski definition) is 1. The van der Waals surface area contributed by atoms with Gasteiger partial charge in [0.2, 0.25) is 5.91 Å². The molecule has 0 aliphatic carbocycles. The number of carbonyl (C=O) groups excluding carboxylic acids is 1. The third-order valence-corrected chi connectivity index (χ3v) is 3.77. The number of benzene rings is 2. The maximum Gasteiger partial charge on any atom is 0.270 e. The molecule has 1 amide bonds. The van der Waals surface area contributed by atoms with Crippen LogP contribution in [0.25, 0.3) is 17.4 Å². The minimum Gasteiger partial charge on any atom is -0.457 e. The van der Waals surface area contributed by atoms with E-state index in [2.05, 4.69) is 5.32 Å². The van der Waals surface area contributed by atoms with E-state index in [0.717, 1.165) is 11.3 Å². The first kappa shape index (κ1) is 17.2. The van der Waals surface area contributed by atoms with E-state index >= 15 is 0 Å². The highest BCUT2D eigenvalue weighted by atomic mass is 16.6. The average Bonchev–Trinajstić information content (AvgIpc) is 3.11. The highest BCUT2D eigenvalue weighted by Crippen LogP contribution is 2.26. The fourth-order valence-electron chi connectivity index (χ4n) is 2.42. The van der Waals surface area contributed by atoms with Gasteiger partial charge in [-0.25, -0.2) is 0 Å². The Morgan fingerprint density at radius 1 is 1.12 bits per heavy atom. The molecule has 0 saturated heterocycles. The van der Waals surface area contributed by atoms with E-state index in [9.17, 15) is 14.9 Å². The number of carbonyl (C=O) groups is 1. The number of anilines is 1. The zero-order chi connectivity index (χ0) is 18.5. The van der Waals surface area contributed by atoms with Crippen LogP contribution >= 0.6 is 0 Å². The second kappa shape index (κ2) is 7.48. The molecule has 3 rings (SSSR count). The van der Waals surface area contributed by atoms with Gasteiger partial charge in [-0.15, -0.1) is 0 Å². The minimum absolute atomic E-state index is 0.00593. The van der Waals surface area contributed by atoms with Crippen molar-refractivity contribution >= 4 is 23.4 Å². The summed E-state index contributed by atoms with van der Waals surface area (Å²) in [6.07, 6.45) is 2.93. The van der Waals surface area contributed by atoms with E-state index in [1.54, 1.807) is 30.3 Å². The van der Waals surface area contributed by atoms with Crippen molar-refractivity contribution in [2.75, 3.05) is 5.32 Å². The number of para-hydroxylation sites is 1. The van der Waals surface area contributed by atoms with E-state index in [-0.39, 0.29) is 11.6 Å². The molecule has 0 aliphatic heterocycles. The van der Waals surface area contributed by atoms with Gasteiger partial charge in [0.05, 0.1) is 4.92 Å². The molecule has 0 bridgehead atoms. The van der Waals surface area contributed by atoms with Gasteiger partial charge in [0.15, 0.2) is 0 Å². The normalized spacial score (nSPS) is 10.8. The van der Waals surface area contributed by atoms with E-state index in [1.165, 1.54) is 18.2 Å². The van der Waals surface area contributed by atoms with Crippen molar-refractivity contribution in [3.63, 3.8) is 0 Å². The van der Waals surface area contributed by atoms with Gasteiger partial charge in [-0.2, -0.15) is 0 Å². The van der Waals surface area contributed by atoms with Crippen molar-refractivity contribution < 1.29 is 14.1 Å². The molecule has 26 heavy (non-hydrogen) atoms. The number of amides is 1. The van der Waals surface area contributed by atoms with Crippen molar-refractivity contribution in [1.29, 1.82) is 0 Å². The molecule has 0 aliphatic rings. The number of hydrogen-bond acceptors (Lipinski definition) is 4. The van der Waals surface area contributed by atoms with Gasteiger partial charge in [0.25, 0.3) is 5.69 Å². The third kappa shape index (κ3) is 4.05. The fraction of sp³-hybridized carbons (Fsp3) is 0.0500. The Bertz CT molecular complexity index is 989. The molecule has 1 aromatic heterocycles. The largest absolute Gasteiger partial charge is 0.457 e. The number of rotatable bonds is 5. The molecular formula is C20H16N2O4. The van der Waals surface area contributed by atoms with Crippen LogP contribution in [-0.4, -0.2) is 10.8 Å². The molecule has 3 aromatic rings. The van der Waals surface area contributed by atoms with Gasteiger partial charge < -0.3 is 9.73 Å². The smallest absolute Gasteiger partial charge is 0.270 e. The zero-order valence-corrected chi connectivity index (χ0v) is 14.0. The average molecular weight is 348 g/mol. The molecule has 0 atom stereocenters. The number of aryl methyl sites for hydroxylation is 1. The second-order valence-electron chi connectivity index (χ2n) is 5.65. The van der Waals surface area contributed by atoms with Crippen molar-refractivity contribution in [1.82, 2.24) is 0 Å². The Kier molecular flexibility index (Phi) is 4.94. The summed E-state index contributed by atoms with van der Waals surface area (Å²) in [6.45, 7) is 1.91. The molecule has 0 saturated carbocycles. The lowest BCUT2D eigenvalue weighted by molar-refractivity contribution is -0.384. The molecule has 0 unspecified atom stereocenters. The molecule has 6 nitrogen and oxygen atoms in total. The van der Waals surface area contributed by atoms with Gasteiger partial charge in [-0.1, -0.05) is 30.3 Å². The van der Waals surface area contributed by atoms with E-state index in [0.29, 0.717) is 17.1 Å². The third-order valence-electron chi connectivity index (χ3n) is 3.77. The molecular weight excluding hydrogens is 332 g/mol. The van der Waals surface area contributed by atoms with E-state index in [1.807, 2.05) is 31.2 Å². The number of nitro groups is 1. The predicted octanol–water partition coefficient (Wildman–Crippen LogP) is 4.82. The van der Waals surface area contributed by atoms with Crippen LogP contribution in [0.5, 0.6) is 0 Å². The molecule has 130 valence electrons. The summed E-state index contributed by atoms with van der Waals surface area (Å²) in [4.78, 5) is 22.4. The van der Waals surface area contributed by atoms with Crippen LogP contribution in [0, 0.1) is 17.0 Å². The summed E-state index contributed by atoms with van der Waals surface area (Å²) < 4.78 is 5.64. The summed E-state index contributed by atoms with van der Waals surface area (Å²) in [6, 6.07) is 17.1. The lowest BCUT2D eigenvalue weighted by Gasteiger charge is -2.04. The Morgan fingerprint density at radius 3 is 2.69 bits per heavy atom. The summed E-state index contributed by atoms with van der Waals surface area (Å²) in [5, 5.41) is 13.7. The maximum atomic E-state index is 12.0. The monoisotopic (exact) mass is 348 g/mol. The van der Waals surface area contributed by atoms with Gasteiger partial charge >= 0.3 is 0 Å². The van der Waals surface area contributed by atoms with Gasteiger partial charge in [0, 0.05) is 29.5 Å². The summed E-state index contributed by atoms with van der Waals surface area (Å²) >= 11 is 0. The first-order valence-corrected chi connectivity index (χ1v) is 7.92. The standard InChI is InChI=1S/C20H16N2O4/c1-14-5-2-3-8-18(14)21-20(23)12-10-17-9-11-19(26-17)15-6-4-7-16(13-15)22(24)25/h2-13H,1H3,(H,21,23). The molecule has 1 N–H and O–H groups in total. The van der Waals surface area contributed by atoms with Crippen LogP contribution < -0.4 is 5.32 Å². The molecule has 0 radical (unpaired) electrons. The Morgan fingerprint density at radius 2 is 1.92 bits per heavy atom. The van der Waals surface area contributed by atoms with Crippen molar-refractivity contribution in [3.05, 3.63) is 88.2 Å². The second-order valence-corrected chi connectivity index (χ2v) is 5.65. The highest BCUT2D eigenvalue weighted by molar-refractivity contribution is 6.02. The summed E-state index contributed by atoms with van der Waals surface area (Å²) in [7, 11) is 0. The molecule has 1 heterocycles. The van der Waals surface area contributed by atoms with E-state index in [4.69, 9.17) is 4.42 Å². The van der Waals surface area contributed by atoms with Crippen LogP contribution in [0.3, 0.4) is 0 Å². The minimum atomic E-state index is -0.455.